The lowest BCUT2D eigenvalue weighted by Crippen LogP contribution is -2.47. The molecule has 2 nitrogen and oxygen atoms in total. The van der Waals surface area contributed by atoms with E-state index in [1.54, 1.807) is 0 Å². The number of nitrogens with zero attached hydrogens (tertiary/aromatic N) is 1. The number of benzene rings is 1. The molecular formula is C16H23ClN2. The third-order valence-corrected chi connectivity index (χ3v) is 5.18. The van der Waals surface area contributed by atoms with Gasteiger partial charge < -0.3 is 5.73 Å². The van der Waals surface area contributed by atoms with Crippen LogP contribution in [-0.2, 0) is 6.42 Å². The largest absolute Gasteiger partial charge is 0.327 e. The minimum Gasteiger partial charge on any atom is -0.327 e. The van der Waals surface area contributed by atoms with Crippen molar-refractivity contribution >= 4 is 11.6 Å². The minimum absolute atomic E-state index is 0.396. The third kappa shape index (κ3) is 2.54. The molecule has 1 aromatic carbocycles. The highest BCUT2D eigenvalue weighted by Crippen LogP contribution is 2.39. The zero-order valence-electron chi connectivity index (χ0n) is 11.6. The molecule has 1 heterocycles. The van der Waals surface area contributed by atoms with Gasteiger partial charge in [0, 0.05) is 30.2 Å². The molecule has 1 saturated heterocycles. The topological polar surface area (TPSA) is 29.3 Å². The van der Waals surface area contributed by atoms with Gasteiger partial charge in [0.15, 0.2) is 0 Å². The van der Waals surface area contributed by atoms with Crippen molar-refractivity contribution in [3.8, 4) is 0 Å². The van der Waals surface area contributed by atoms with E-state index in [4.69, 9.17) is 17.3 Å². The van der Waals surface area contributed by atoms with Crippen molar-refractivity contribution in [1.29, 1.82) is 0 Å². The molecule has 3 unspecified atom stereocenters. The van der Waals surface area contributed by atoms with E-state index in [-0.39, 0.29) is 0 Å². The smallest absolute Gasteiger partial charge is 0.0408 e. The van der Waals surface area contributed by atoms with E-state index in [2.05, 4.69) is 24.0 Å². The van der Waals surface area contributed by atoms with Gasteiger partial charge in [-0.2, -0.15) is 0 Å². The van der Waals surface area contributed by atoms with Gasteiger partial charge in [-0.1, -0.05) is 31.0 Å². The Bertz CT molecular complexity index is 460. The number of hydrogen-bond donors (Lipinski definition) is 1. The van der Waals surface area contributed by atoms with Gasteiger partial charge in [-0.25, -0.2) is 0 Å². The maximum atomic E-state index is 6.22. The highest BCUT2D eigenvalue weighted by Gasteiger charge is 2.33. The molecule has 104 valence electrons. The molecule has 0 aromatic heterocycles. The Balaban J connectivity index is 1.78. The van der Waals surface area contributed by atoms with Crippen LogP contribution in [0.25, 0.3) is 0 Å². The van der Waals surface area contributed by atoms with Gasteiger partial charge in [0.1, 0.15) is 0 Å². The monoisotopic (exact) mass is 278 g/mol. The molecule has 2 N–H and O–H groups in total. The molecule has 0 spiro atoms. The molecule has 1 aliphatic heterocycles. The van der Waals surface area contributed by atoms with Crippen LogP contribution in [-0.4, -0.2) is 24.0 Å². The predicted octanol–water partition coefficient (Wildman–Crippen LogP) is 3.39. The fourth-order valence-corrected chi connectivity index (χ4v) is 3.93. The van der Waals surface area contributed by atoms with Crippen LogP contribution in [0, 0.1) is 5.92 Å². The average Bonchev–Trinajstić information content (AvgIpc) is 2.82. The quantitative estimate of drug-likeness (QED) is 0.899. The SMILES string of the molecule is CCC1CN(C2CCc3cc(Cl)ccc32)CCC1N. The second-order valence-corrected chi connectivity index (χ2v) is 6.45. The van der Waals surface area contributed by atoms with Gasteiger partial charge in [0.2, 0.25) is 0 Å². The standard InChI is InChI=1S/C16H23ClN2/c1-2-11-10-19(8-7-15(11)18)16-6-3-12-9-13(17)4-5-14(12)16/h4-5,9,11,15-16H,2-3,6-8,10,18H2,1H3. The van der Waals surface area contributed by atoms with E-state index in [9.17, 15) is 0 Å². The Labute approximate surface area is 120 Å². The van der Waals surface area contributed by atoms with Crippen LogP contribution in [0.4, 0.5) is 0 Å². The number of halogens is 1. The van der Waals surface area contributed by atoms with Gasteiger partial charge >= 0.3 is 0 Å². The van der Waals surface area contributed by atoms with Crippen molar-refractivity contribution < 1.29 is 0 Å². The van der Waals surface area contributed by atoms with Crippen LogP contribution in [0.2, 0.25) is 5.02 Å². The maximum absolute atomic E-state index is 6.22. The summed E-state index contributed by atoms with van der Waals surface area (Å²) in [6.07, 6.45) is 4.73. The lowest BCUT2D eigenvalue weighted by molar-refractivity contribution is 0.106. The fraction of sp³-hybridized carbons (Fsp3) is 0.625. The van der Waals surface area contributed by atoms with Gasteiger partial charge in [-0.15, -0.1) is 0 Å². The molecule has 1 aliphatic carbocycles. The zero-order valence-corrected chi connectivity index (χ0v) is 12.4. The highest BCUT2D eigenvalue weighted by molar-refractivity contribution is 6.30. The minimum atomic E-state index is 0.396. The van der Waals surface area contributed by atoms with Crippen molar-refractivity contribution in [1.82, 2.24) is 4.90 Å². The molecule has 3 heteroatoms. The van der Waals surface area contributed by atoms with Crippen molar-refractivity contribution in [2.75, 3.05) is 13.1 Å². The van der Waals surface area contributed by atoms with E-state index in [0.717, 1.165) is 24.5 Å². The van der Waals surface area contributed by atoms with E-state index in [1.165, 1.54) is 30.4 Å². The first kappa shape index (κ1) is 13.4. The molecule has 2 aliphatic rings. The Morgan fingerprint density at radius 1 is 1.37 bits per heavy atom. The van der Waals surface area contributed by atoms with Crippen molar-refractivity contribution in [3.05, 3.63) is 34.3 Å². The summed E-state index contributed by atoms with van der Waals surface area (Å²) in [6.45, 7) is 4.56. The maximum Gasteiger partial charge on any atom is 0.0408 e. The highest BCUT2D eigenvalue weighted by atomic mass is 35.5. The summed E-state index contributed by atoms with van der Waals surface area (Å²) in [6, 6.07) is 7.39. The molecule has 0 bridgehead atoms. The summed E-state index contributed by atoms with van der Waals surface area (Å²) in [5.74, 6) is 0.658. The molecule has 0 radical (unpaired) electrons. The molecule has 1 fully saturated rings. The van der Waals surface area contributed by atoms with Crippen molar-refractivity contribution in [3.63, 3.8) is 0 Å². The molecule has 0 saturated carbocycles. The molecule has 0 amide bonds. The summed E-state index contributed by atoms with van der Waals surface area (Å²) in [5.41, 5.74) is 9.16. The van der Waals surface area contributed by atoms with Crippen LogP contribution in [0.3, 0.4) is 0 Å². The molecule has 19 heavy (non-hydrogen) atoms. The van der Waals surface area contributed by atoms with E-state index in [1.807, 2.05) is 6.07 Å². The molecule has 3 atom stereocenters. The summed E-state index contributed by atoms with van der Waals surface area (Å²) < 4.78 is 0. The lowest BCUT2D eigenvalue weighted by atomic mass is 9.89. The molecular weight excluding hydrogens is 256 g/mol. The Morgan fingerprint density at radius 2 is 2.21 bits per heavy atom. The second kappa shape index (κ2) is 5.43. The fourth-order valence-electron chi connectivity index (χ4n) is 3.74. The van der Waals surface area contributed by atoms with E-state index in [0.29, 0.717) is 18.0 Å². The van der Waals surface area contributed by atoms with E-state index >= 15 is 0 Å². The van der Waals surface area contributed by atoms with Crippen molar-refractivity contribution in [2.24, 2.45) is 11.7 Å². The zero-order chi connectivity index (χ0) is 13.4. The number of rotatable bonds is 2. The number of fused-ring (bicyclic) bond motifs is 1. The number of piperidine rings is 1. The van der Waals surface area contributed by atoms with Crippen LogP contribution in [0.1, 0.15) is 43.4 Å². The van der Waals surface area contributed by atoms with Gasteiger partial charge in [-0.05, 0) is 48.4 Å². The first-order chi connectivity index (χ1) is 9.19. The van der Waals surface area contributed by atoms with Crippen LogP contribution >= 0.6 is 11.6 Å². The van der Waals surface area contributed by atoms with Crippen LogP contribution in [0.5, 0.6) is 0 Å². The summed E-state index contributed by atoms with van der Waals surface area (Å²) in [5, 5.41) is 0.867. The number of hydrogen-bond acceptors (Lipinski definition) is 2. The molecule has 3 rings (SSSR count). The summed E-state index contributed by atoms with van der Waals surface area (Å²) in [4.78, 5) is 2.65. The second-order valence-electron chi connectivity index (χ2n) is 6.01. The van der Waals surface area contributed by atoms with Crippen molar-refractivity contribution in [2.45, 2.75) is 44.7 Å². The summed E-state index contributed by atoms with van der Waals surface area (Å²) in [7, 11) is 0. The summed E-state index contributed by atoms with van der Waals surface area (Å²) >= 11 is 6.09. The van der Waals surface area contributed by atoms with Crippen LogP contribution < -0.4 is 5.73 Å². The van der Waals surface area contributed by atoms with Gasteiger partial charge in [-0.3, -0.25) is 4.90 Å². The number of aryl methyl sites for hydroxylation is 1. The first-order valence-corrected chi connectivity index (χ1v) is 7.84. The predicted molar refractivity (Wildman–Crippen MR) is 80.5 cm³/mol. The average molecular weight is 279 g/mol. The van der Waals surface area contributed by atoms with Gasteiger partial charge in [0.05, 0.1) is 0 Å². The molecule has 1 aromatic rings. The van der Waals surface area contributed by atoms with Gasteiger partial charge in [0.25, 0.3) is 0 Å². The third-order valence-electron chi connectivity index (χ3n) is 4.94. The first-order valence-electron chi connectivity index (χ1n) is 7.47. The Morgan fingerprint density at radius 3 is 3.00 bits per heavy atom. The number of likely N-dealkylation sites (tertiary alicyclic amines) is 1. The van der Waals surface area contributed by atoms with Crippen LogP contribution in [0.15, 0.2) is 18.2 Å². The lowest BCUT2D eigenvalue weighted by Gasteiger charge is -2.40. The Hall–Kier alpha value is -0.570. The Kier molecular flexibility index (Phi) is 3.84. The van der Waals surface area contributed by atoms with E-state index < -0.39 is 0 Å². The normalized spacial score (nSPS) is 31.4. The number of nitrogens with two attached hydrogens (primary N) is 1.